The smallest absolute Gasteiger partial charge is 0.164 e. The summed E-state index contributed by atoms with van der Waals surface area (Å²) in [5, 5.41) is 0. The molecule has 266 valence electrons. The molecule has 1 aromatic heterocycles. The highest BCUT2D eigenvalue weighted by Gasteiger charge is 2.74. The number of ether oxygens (including phenoxy) is 1. The van der Waals surface area contributed by atoms with Crippen molar-refractivity contribution in [3.8, 4) is 51.0 Å². The van der Waals surface area contributed by atoms with Gasteiger partial charge < -0.3 is 4.74 Å². The second-order valence-corrected chi connectivity index (χ2v) is 15.0. The average molecular weight is 720 g/mol. The summed E-state index contributed by atoms with van der Waals surface area (Å²) in [6.45, 7) is 0. The molecule has 3 atom stereocenters. The van der Waals surface area contributed by atoms with Gasteiger partial charge in [0.2, 0.25) is 0 Å². The molecule has 1 saturated carbocycles. The summed E-state index contributed by atoms with van der Waals surface area (Å²) in [4.78, 5) is 15.3. The number of fused-ring (bicyclic) bond motifs is 3. The molecule has 4 heteroatoms. The largest absolute Gasteiger partial charge is 0.481 e. The summed E-state index contributed by atoms with van der Waals surface area (Å²) in [6, 6.07) is 55.4. The summed E-state index contributed by atoms with van der Waals surface area (Å²) in [5.41, 5.74) is 13.4. The molecule has 2 heterocycles. The normalized spacial score (nSPS) is 20.1. The Labute approximate surface area is 327 Å². The highest BCUT2D eigenvalue weighted by atomic mass is 16.5. The zero-order chi connectivity index (χ0) is 37.1. The lowest BCUT2D eigenvalue weighted by atomic mass is 9.86. The maximum atomic E-state index is 7.23. The standard InChI is InChI=1S/C52H37N3O/c1-5-14-34(15-6-1)36-24-26-38(27-25-36)42-32-44(39-30-28-37(29-31-39)35-16-7-2-8-17-35)52-45(33-42)48(52)47-43(22-13-23-46(47)56-52)51-54-49(40-18-9-3-10-19-40)53-50(55-51)41-20-11-4-12-21-41/h1-7,9-16,18-33,45,48H,8,17H2. The maximum Gasteiger partial charge on any atom is 0.164 e. The molecule has 0 amide bonds. The molecule has 3 unspecified atom stereocenters. The Balaban J connectivity index is 1.04. The van der Waals surface area contributed by atoms with Crippen LogP contribution < -0.4 is 4.74 Å². The fourth-order valence-corrected chi connectivity index (χ4v) is 8.99. The Morgan fingerprint density at radius 1 is 0.518 bits per heavy atom. The first kappa shape index (κ1) is 32.5. The van der Waals surface area contributed by atoms with E-state index >= 15 is 0 Å². The topological polar surface area (TPSA) is 47.9 Å². The van der Waals surface area contributed by atoms with Gasteiger partial charge in [0.1, 0.15) is 11.4 Å². The second-order valence-electron chi connectivity index (χ2n) is 15.0. The summed E-state index contributed by atoms with van der Waals surface area (Å²) >= 11 is 0. The van der Waals surface area contributed by atoms with E-state index in [2.05, 4.69) is 152 Å². The Morgan fingerprint density at radius 3 is 1.73 bits per heavy atom. The van der Waals surface area contributed by atoms with Crippen LogP contribution in [0.2, 0.25) is 0 Å². The van der Waals surface area contributed by atoms with Gasteiger partial charge in [-0.25, -0.2) is 15.0 Å². The van der Waals surface area contributed by atoms with Gasteiger partial charge in [0.15, 0.2) is 17.5 Å². The van der Waals surface area contributed by atoms with Crippen LogP contribution >= 0.6 is 0 Å². The Kier molecular flexibility index (Phi) is 7.63. The van der Waals surface area contributed by atoms with Gasteiger partial charge in [0, 0.05) is 39.7 Å². The predicted molar refractivity (Wildman–Crippen MR) is 226 cm³/mol. The summed E-state index contributed by atoms with van der Waals surface area (Å²) < 4.78 is 7.23. The number of allylic oxidation sites excluding steroid dienone is 6. The van der Waals surface area contributed by atoms with Crippen LogP contribution in [0.5, 0.6) is 5.75 Å². The number of rotatable bonds is 7. The second kappa shape index (κ2) is 13.1. The van der Waals surface area contributed by atoms with Crippen molar-refractivity contribution in [2.24, 2.45) is 5.92 Å². The summed E-state index contributed by atoms with van der Waals surface area (Å²) in [6.07, 6.45) is 13.6. The highest BCUT2D eigenvalue weighted by molar-refractivity contribution is 5.96. The Bertz CT molecular complexity index is 2690. The third-order valence-electron chi connectivity index (χ3n) is 11.8. The van der Waals surface area contributed by atoms with Crippen molar-refractivity contribution in [1.29, 1.82) is 0 Å². The number of aromatic nitrogens is 3. The van der Waals surface area contributed by atoms with Gasteiger partial charge in [-0.1, -0.05) is 176 Å². The third kappa shape index (κ3) is 5.40. The first-order chi connectivity index (χ1) is 27.7. The van der Waals surface area contributed by atoms with E-state index in [4.69, 9.17) is 19.7 Å². The molecule has 1 aliphatic heterocycles. The van der Waals surface area contributed by atoms with Crippen LogP contribution in [-0.2, 0) is 0 Å². The van der Waals surface area contributed by atoms with Gasteiger partial charge in [0.05, 0.1) is 0 Å². The Hall–Kier alpha value is -6.91. The number of hydrogen-bond donors (Lipinski definition) is 0. The van der Waals surface area contributed by atoms with Gasteiger partial charge in [-0.15, -0.1) is 0 Å². The number of nitrogens with zero attached hydrogens (tertiary/aromatic N) is 3. The average Bonchev–Trinajstić information content (AvgIpc) is 3.80. The van der Waals surface area contributed by atoms with Crippen LogP contribution in [0.3, 0.4) is 0 Å². The summed E-state index contributed by atoms with van der Waals surface area (Å²) in [5.74, 6) is 3.11. The van der Waals surface area contributed by atoms with Crippen LogP contribution in [0.4, 0.5) is 0 Å². The predicted octanol–water partition coefficient (Wildman–Crippen LogP) is 12.3. The molecule has 3 aliphatic carbocycles. The van der Waals surface area contributed by atoms with Crippen molar-refractivity contribution in [2.45, 2.75) is 24.4 Å². The van der Waals surface area contributed by atoms with Crippen LogP contribution in [0.1, 0.15) is 41.0 Å². The molecule has 0 bridgehead atoms. The van der Waals surface area contributed by atoms with Gasteiger partial charge in [-0.3, -0.25) is 0 Å². The van der Waals surface area contributed by atoms with Gasteiger partial charge in [-0.2, -0.15) is 0 Å². The molecule has 4 aliphatic rings. The molecular weight excluding hydrogens is 683 g/mol. The van der Waals surface area contributed by atoms with Gasteiger partial charge in [-0.05, 0) is 63.9 Å². The molecule has 0 saturated heterocycles. The number of hydrogen-bond acceptors (Lipinski definition) is 4. The van der Waals surface area contributed by atoms with E-state index in [9.17, 15) is 0 Å². The molecule has 1 fully saturated rings. The lowest BCUT2D eigenvalue weighted by Crippen LogP contribution is -2.24. The zero-order valence-corrected chi connectivity index (χ0v) is 30.7. The van der Waals surface area contributed by atoms with Crippen LogP contribution in [0.15, 0.2) is 188 Å². The lowest BCUT2D eigenvalue weighted by molar-refractivity contribution is 0.240. The molecule has 1 spiro atoms. The van der Waals surface area contributed by atoms with Crippen LogP contribution in [0, 0.1) is 5.92 Å². The lowest BCUT2D eigenvalue weighted by Gasteiger charge is -2.25. The summed E-state index contributed by atoms with van der Waals surface area (Å²) in [7, 11) is 0. The van der Waals surface area contributed by atoms with E-state index in [0.29, 0.717) is 17.5 Å². The molecule has 0 N–H and O–H groups in total. The quantitative estimate of drug-likeness (QED) is 0.165. The monoisotopic (exact) mass is 719 g/mol. The Morgan fingerprint density at radius 2 is 1.09 bits per heavy atom. The van der Waals surface area contributed by atoms with Gasteiger partial charge >= 0.3 is 0 Å². The van der Waals surface area contributed by atoms with E-state index in [1.165, 1.54) is 50.1 Å². The first-order valence-electron chi connectivity index (χ1n) is 19.5. The van der Waals surface area contributed by atoms with E-state index in [-0.39, 0.29) is 11.8 Å². The minimum absolute atomic E-state index is 0.101. The SMILES string of the molecule is C1=CCCC(c2ccc(C3=CC(c4ccc(-c5ccccc5)cc4)=CC4C5c6c(cccc6-c6nc(-c7ccccc7)nc(-c7ccccc7)n6)OC345)cc2)=C1. The molecule has 56 heavy (non-hydrogen) atoms. The van der Waals surface area contributed by atoms with Crippen molar-refractivity contribution in [1.82, 2.24) is 15.0 Å². The fourth-order valence-electron chi connectivity index (χ4n) is 8.99. The molecule has 11 rings (SSSR count). The first-order valence-corrected chi connectivity index (χ1v) is 19.5. The fraction of sp³-hybridized carbons (Fsp3) is 0.0962. The molecule has 6 aromatic carbocycles. The van der Waals surface area contributed by atoms with Gasteiger partial charge in [0.25, 0.3) is 0 Å². The van der Waals surface area contributed by atoms with Crippen LogP contribution in [0.25, 0.3) is 62.0 Å². The van der Waals surface area contributed by atoms with Crippen molar-refractivity contribution in [3.05, 3.63) is 210 Å². The van der Waals surface area contributed by atoms with Crippen molar-refractivity contribution in [3.63, 3.8) is 0 Å². The maximum absolute atomic E-state index is 7.23. The number of benzene rings is 6. The third-order valence-corrected chi connectivity index (χ3v) is 11.8. The molecule has 0 radical (unpaired) electrons. The van der Waals surface area contributed by atoms with Crippen LogP contribution in [-0.4, -0.2) is 20.6 Å². The minimum atomic E-state index is -0.516. The van der Waals surface area contributed by atoms with E-state index in [0.717, 1.165) is 35.3 Å². The molecular formula is C52H37N3O. The van der Waals surface area contributed by atoms with E-state index in [1.54, 1.807) is 0 Å². The van der Waals surface area contributed by atoms with Crippen molar-refractivity contribution in [2.75, 3.05) is 0 Å². The molecule has 7 aromatic rings. The van der Waals surface area contributed by atoms with E-state index < -0.39 is 5.60 Å². The van der Waals surface area contributed by atoms with E-state index in [1.807, 2.05) is 36.4 Å². The van der Waals surface area contributed by atoms with Crippen molar-refractivity contribution >= 4 is 16.7 Å². The van der Waals surface area contributed by atoms with Crippen molar-refractivity contribution < 1.29 is 4.74 Å². The minimum Gasteiger partial charge on any atom is -0.481 e. The zero-order valence-electron chi connectivity index (χ0n) is 30.7. The highest BCUT2D eigenvalue weighted by Crippen LogP contribution is 2.74. The molecule has 4 nitrogen and oxygen atoms in total.